The van der Waals surface area contributed by atoms with Crippen LogP contribution in [-0.2, 0) is 10.0 Å². The van der Waals surface area contributed by atoms with E-state index in [1.54, 1.807) is 4.31 Å². The molecular weight excluding hydrogens is 212 g/mol. The van der Waals surface area contributed by atoms with Gasteiger partial charge in [0.1, 0.15) is 0 Å². The van der Waals surface area contributed by atoms with Crippen molar-refractivity contribution in [3.05, 3.63) is 0 Å². The van der Waals surface area contributed by atoms with Gasteiger partial charge in [-0.1, -0.05) is 20.8 Å². The topological polar surface area (TPSA) is 49.4 Å². The van der Waals surface area contributed by atoms with Crippen molar-refractivity contribution >= 4 is 10.0 Å². The molecule has 0 rings (SSSR count). The van der Waals surface area contributed by atoms with Crippen LogP contribution in [0.25, 0.3) is 0 Å². The molecule has 92 valence electrons. The van der Waals surface area contributed by atoms with Gasteiger partial charge in [0.15, 0.2) is 0 Å². The second-order valence-corrected chi connectivity index (χ2v) is 5.65. The lowest BCUT2D eigenvalue weighted by Gasteiger charge is -2.19. The van der Waals surface area contributed by atoms with Crippen molar-refractivity contribution in [3.63, 3.8) is 0 Å². The molecule has 0 aromatic heterocycles. The Morgan fingerprint density at radius 2 is 1.73 bits per heavy atom. The lowest BCUT2D eigenvalue weighted by atomic mass is 10.5. The first-order valence-electron chi connectivity index (χ1n) is 5.77. The number of nitrogens with one attached hydrogen (secondary N) is 1. The highest BCUT2D eigenvalue weighted by Crippen LogP contribution is 2.01. The van der Waals surface area contributed by atoms with Crippen LogP contribution in [0.2, 0.25) is 0 Å². The van der Waals surface area contributed by atoms with Gasteiger partial charge in [0.05, 0.1) is 5.75 Å². The molecular formula is C10H24N2O2S. The highest BCUT2D eigenvalue weighted by molar-refractivity contribution is 7.89. The zero-order chi connectivity index (χ0) is 11.7. The lowest BCUT2D eigenvalue weighted by molar-refractivity contribution is 0.426. The summed E-state index contributed by atoms with van der Waals surface area (Å²) in [7, 11) is -3.04. The molecule has 0 fully saturated rings. The number of nitrogens with zero attached hydrogens (tertiary/aromatic N) is 1. The van der Waals surface area contributed by atoms with Crippen LogP contribution < -0.4 is 5.32 Å². The molecule has 0 heterocycles. The first-order chi connectivity index (χ1) is 7.08. The minimum Gasteiger partial charge on any atom is -0.316 e. The molecule has 0 saturated carbocycles. The van der Waals surface area contributed by atoms with E-state index in [1.165, 1.54) is 0 Å². The maximum atomic E-state index is 11.8. The van der Waals surface area contributed by atoms with Gasteiger partial charge in [-0.3, -0.25) is 0 Å². The quantitative estimate of drug-likeness (QED) is 0.609. The SMILES string of the molecule is CCCNCCS(=O)(=O)N(CC)CCC. The zero-order valence-electron chi connectivity index (χ0n) is 10.1. The summed E-state index contributed by atoms with van der Waals surface area (Å²) >= 11 is 0. The molecule has 15 heavy (non-hydrogen) atoms. The van der Waals surface area contributed by atoms with Gasteiger partial charge in [0.2, 0.25) is 10.0 Å². The standard InChI is InChI=1S/C10H24N2O2S/c1-4-7-11-8-10-15(13,14)12(6-3)9-5-2/h11H,4-10H2,1-3H3. The van der Waals surface area contributed by atoms with Crippen LogP contribution in [0, 0.1) is 0 Å². The Balaban J connectivity index is 4.02. The van der Waals surface area contributed by atoms with Gasteiger partial charge in [-0.2, -0.15) is 0 Å². The van der Waals surface area contributed by atoms with Gasteiger partial charge in [-0.15, -0.1) is 0 Å². The summed E-state index contributed by atoms with van der Waals surface area (Å²) in [5.74, 6) is 0.209. The number of hydrogen-bond donors (Lipinski definition) is 1. The number of sulfonamides is 1. The zero-order valence-corrected chi connectivity index (χ0v) is 10.9. The van der Waals surface area contributed by atoms with Crippen LogP contribution in [0.4, 0.5) is 0 Å². The van der Waals surface area contributed by atoms with Crippen LogP contribution in [0.5, 0.6) is 0 Å². The van der Waals surface area contributed by atoms with E-state index in [1.807, 2.05) is 13.8 Å². The van der Waals surface area contributed by atoms with Gasteiger partial charge in [0.25, 0.3) is 0 Å². The normalized spacial score (nSPS) is 12.3. The molecule has 0 aliphatic carbocycles. The van der Waals surface area contributed by atoms with E-state index in [4.69, 9.17) is 0 Å². The molecule has 0 saturated heterocycles. The van der Waals surface area contributed by atoms with E-state index in [0.29, 0.717) is 19.6 Å². The molecule has 0 bridgehead atoms. The molecule has 0 atom stereocenters. The molecule has 1 N–H and O–H groups in total. The van der Waals surface area contributed by atoms with Crippen LogP contribution >= 0.6 is 0 Å². The smallest absolute Gasteiger partial charge is 0.215 e. The van der Waals surface area contributed by atoms with E-state index >= 15 is 0 Å². The minimum absolute atomic E-state index is 0.209. The Kier molecular flexibility index (Phi) is 8.00. The predicted molar refractivity (Wildman–Crippen MR) is 64.5 cm³/mol. The fraction of sp³-hybridized carbons (Fsp3) is 1.00. The third-order valence-electron chi connectivity index (χ3n) is 2.18. The van der Waals surface area contributed by atoms with E-state index in [-0.39, 0.29) is 5.75 Å². The summed E-state index contributed by atoms with van der Waals surface area (Å²) in [5.41, 5.74) is 0. The minimum atomic E-state index is -3.04. The summed E-state index contributed by atoms with van der Waals surface area (Å²) in [5, 5.41) is 3.11. The van der Waals surface area contributed by atoms with Crippen molar-refractivity contribution in [2.24, 2.45) is 0 Å². The summed E-state index contributed by atoms with van der Waals surface area (Å²) in [6.45, 7) is 8.58. The monoisotopic (exact) mass is 236 g/mol. The van der Waals surface area contributed by atoms with Crippen LogP contribution in [-0.4, -0.2) is 44.7 Å². The average Bonchev–Trinajstić information content (AvgIpc) is 2.20. The Labute approximate surface area is 94.1 Å². The van der Waals surface area contributed by atoms with Gasteiger partial charge in [-0.05, 0) is 19.4 Å². The summed E-state index contributed by atoms with van der Waals surface area (Å²) in [6.07, 6.45) is 1.90. The van der Waals surface area contributed by atoms with Gasteiger partial charge < -0.3 is 5.32 Å². The van der Waals surface area contributed by atoms with E-state index in [9.17, 15) is 8.42 Å². The van der Waals surface area contributed by atoms with Crippen molar-refractivity contribution in [2.75, 3.05) is 31.9 Å². The van der Waals surface area contributed by atoms with Gasteiger partial charge in [-0.25, -0.2) is 12.7 Å². The molecule has 4 nitrogen and oxygen atoms in total. The van der Waals surface area contributed by atoms with E-state index in [0.717, 1.165) is 19.4 Å². The fourth-order valence-electron chi connectivity index (χ4n) is 1.38. The first-order valence-corrected chi connectivity index (χ1v) is 7.37. The third kappa shape index (κ3) is 6.12. The van der Waals surface area contributed by atoms with Crippen LogP contribution in [0.15, 0.2) is 0 Å². The average molecular weight is 236 g/mol. The molecule has 5 heteroatoms. The summed E-state index contributed by atoms with van der Waals surface area (Å²) in [4.78, 5) is 0. The second-order valence-electron chi connectivity index (χ2n) is 3.56. The molecule has 0 aromatic rings. The fourth-order valence-corrected chi connectivity index (χ4v) is 2.89. The summed E-state index contributed by atoms with van der Waals surface area (Å²) in [6, 6.07) is 0. The predicted octanol–water partition coefficient (Wildman–Crippen LogP) is 1.05. The van der Waals surface area contributed by atoms with Crippen molar-refractivity contribution in [3.8, 4) is 0 Å². The Bertz CT molecular complexity index is 240. The Morgan fingerprint density at radius 3 is 2.20 bits per heavy atom. The largest absolute Gasteiger partial charge is 0.316 e. The van der Waals surface area contributed by atoms with E-state index in [2.05, 4.69) is 12.2 Å². The maximum absolute atomic E-state index is 11.8. The highest BCUT2D eigenvalue weighted by atomic mass is 32.2. The molecule has 0 unspecified atom stereocenters. The van der Waals surface area contributed by atoms with E-state index < -0.39 is 10.0 Å². The Hall–Kier alpha value is -0.130. The van der Waals surface area contributed by atoms with Crippen LogP contribution in [0.1, 0.15) is 33.6 Å². The lowest BCUT2D eigenvalue weighted by Crippen LogP contribution is -2.36. The van der Waals surface area contributed by atoms with Gasteiger partial charge in [0, 0.05) is 19.6 Å². The molecule has 0 aliphatic heterocycles. The number of hydrogen-bond acceptors (Lipinski definition) is 3. The maximum Gasteiger partial charge on any atom is 0.215 e. The van der Waals surface area contributed by atoms with Crippen molar-refractivity contribution in [1.82, 2.24) is 9.62 Å². The highest BCUT2D eigenvalue weighted by Gasteiger charge is 2.18. The molecule has 0 aromatic carbocycles. The molecule has 0 spiro atoms. The Morgan fingerprint density at radius 1 is 1.07 bits per heavy atom. The first kappa shape index (κ1) is 14.9. The number of rotatable bonds is 9. The second kappa shape index (κ2) is 8.07. The molecule has 0 aliphatic rings. The molecule has 0 amide bonds. The van der Waals surface area contributed by atoms with Crippen molar-refractivity contribution in [2.45, 2.75) is 33.6 Å². The molecule has 0 radical (unpaired) electrons. The third-order valence-corrected chi connectivity index (χ3v) is 4.13. The van der Waals surface area contributed by atoms with Crippen molar-refractivity contribution in [1.29, 1.82) is 0 Å². The van der Waals surface area contributed by atoms with Gasteiger partial charge >= 0.3 is 0 Å². The van der Waals surface area contributed by atoms with Crippen LogP contribution in [0.3, 0.4) is 0 Å². The van der Waals surface area contributed by atoms with Crippen molar-refractivity contribution < 1.29 is 8.42 Å². The summed E-state index contributed by atoms with van der Waals surface area (Å²) < 4.78 is 25.2.